The van der Waals surface area contributed by atoms with Crippen LogP contribution in [0.3, 0.4) is 0 Å². The number of hydrogen-bond acceptors (Lipinski definition) is 0. The SMILES string of the molecule is CCC(C)c1ccc(-c2cccc3c2C=C(CC24CCC(CC2)C4)[CH]3[Zr]([Cl])([Cl])([CH]2C(CC34CCC(CC3)C4)=Cc3c(-c4ccc(C(C)CC)cc4)cccc32)[SiH](C)C)cc1. The Morgan fingerprint density at radius 2 is 0.967 bits per heavy atom. The maximum absolute atomic E-state index is 9.25. The molecule has 4 atom stereocenters. The molecule has 60 heavy (non-hydrogen) atoms. The van der Waals surface area contributed by atoms with Gasteiger partial charge in [-0.25, -0.2) is 0 Å². The molecule has 0 heterocycles. The molecule has 10 rings (SSSR count). The van der Waals surface area contributed by atoms with Crippen LogP contribution in [-0.4, -0.2) is 5.92 Å². The molecule has 0 aliphatic heterocycles. The van der Waals surface area contributed by atoms with Crippen LogP contribution in [0.4, 0.5) is 0 Å². The van der Waals surface area contributed by atoms with E-state index in [9.17, 15) is 17.0 Å². The minimum absolute atomic E-state index is 0.139. The van der Waals surface area contributed by atoms with Gasteiger partial charge < -0.3 is 0 Å². The summed E-state index contributed by atoms with van der Waals surface area (Å²) in [6.45, 7) is 14.4. The fourth-order valence-electron chi connectivity index (χ4n) is 14.3. The zero-order valence-corrected chi connectivity index (χ0v) is 42.6. The molecular weight excluding hydrogens is 863 g/mol. The number of rotatable bonds is 13. The van der Waals surface area contributed by atoms with E-state index in [2.05, 4.69) is 138 Å². The van der Waals surface area contributed by atoms with Crippen molar-refractivity contribution in [1.29, 1.82) is 0 Å². The van der Waals surface area contributed by atoms with E-state index < -0.39 is 21.5 Å². The van der Waals surface area contributed by atoms with Gasteiger partial charge in [-0.2, -0.15) is 0 Å². The van der Waals surface area contributed by atoms with Gasteiger partial charge in [-0.3, -0.25) is 0 Å². The van der Waals surface area contributed by atoms with Crippen molar-refractivity contribution in [2.45, 2.75) is 150 Å². The van der Waals surface area contributed by atoms with Crippen molar-refractivity contribution in [3.63, 3.8) is 0 Å². The average Bonchev–Trinajstić information content (AvgIpc) is 4.13. The quantitative estimate of drug-likeness (QED) is 0.117. The third-order valence-corrected chi connectivity index (χ3v) is 70.1. The van der Waals surface area contributed by atoms with Gasteiger partial charge in [-0.1, -0.05) is 0 Å². The maximum atomic E-state index is 9.25. The Bertz CT molecular complexity index is 2170. The van der Waals surface area contributed by atoms with Gasteiger partial charge in [-0.05, 0) is 0 Å². The van der Waals surface area contributed by atoms with E-state index in [1.807, 2.05) is 0 Å². The molecule has 0 spiro atoms. The van der Waals surface area contributed by atoms with Crippen LogP contribution in [-0.2, 0) is 15.6 Å². The molecule has 4 aromatic carbocycles. The summed E-state index contributed by atoms with van der Waals surface area (Å²) in [6.07, 6.45) is 23.9. The number of fused-ring (bicyclic) bond motifs is 6. The zero-order chi connectivity index (χ0) is 41.6. The molecule has 0 amide bonds. The van der Waals surface area contributed by atoms with Crippen molar-refractivity contribution in [3.05, 3.63) is 129 Å². The molecule has 4 saturated carbocycles. The average molecular weight is 932 g/mol. The Morgan fingerprint density at radius 1 is 0.583 bits per heavy atom. The van der Waals surface area contributed by atoms with Gasteiger partial charge in [0.05, 0.1) is 0 Å². The van der Waals surface area contributed by atoms with Crippen LogP contribution < -0.4 is 0 Å². The molecule has 4 unspecified atom stereocenters. The molecule has 0 saturated heterocycles. The summed E-state index contributed by atoms with van der Waals surface area (Å²) in [5.74, 6) is 1.24. The van der Waals surface area contributed by atoms with Crippen molar-refractivity contribution >= 4 is 35.1 Å². The Hall–Kier alpha value is -1.96. The number of benzene rings is 4. The van der Waals surface area contributed by atoms with Crippen molar-refractivity contribution < 1.29 is 15.6 Å². The van der Waals surface area contributed by atoms with Gasteiger partial charge in [0.25, 0.3) is 0 Å². The predicted octanol–water partition coefficient (Wildman–Crippen LogP) is 17.5. The van der Waals surface area contributed by atoms with E-state index in [0.29, 0.717) is 22.7 Å². The number of hydrogen-bond donors (Lipinski definition) is 0. The Balaban J connectivity index is 1.15. The number of allylic oxidation sites excluding steroid dienone is 2. The molecule has 4 bridgehead atoms. The minimum atomic E-state index is -5.06. The molecular formula is C56H69Cl2SiZr. The second kappa shape index (κ2) is 15.6. The summed E-state index contributed by atoms with van der Waals surface area (Å²) in [6, 6.07) is 33.5. The van der Waals surface area contributed by atoms with E-state index in [0.717, 1.165) is 24.7 Å². The van der Waals surface area contributed by atoms with Gasteiger partial charge in [0.15, 0.2) is 0 Å². The first-order chi connectivity index (χ1) is 28.8. The Morgan fingerprint density at radius 3 is 1.28 bits per heavy atom. The van der Waals surface area contributed by atoms with Crippen molar-refractivity contribution in [2.75, 3.05) is 0 Å². The molecule has 4 heteroatoms. The van der Waals surface area contributed by atoms with Crippen LogP contribution in [0.2, 0.25) is 13.1 Å². The monoisotopic (exact) mass is 929 g/mol. The fourth-order valence-corrected chi connectivity index (χ4v) is 45.6. The standard InChI is InChI=1S/2C27H31.C2H7Si.2ClH.Zr/c2*1-3-19(2)22-7-9-23(10-8-22)25-6-4-5-24-15-21(16-26(24)25)18-27-13-11-20(17-27)12-14-27;1-3-2;;;/h2*4-10,15-16,19-20H,3,11-14,17-18H2,1-2H3;3H,1-2H3;2*1H;/q;;;;;+2/p-2. The van der Waals surface area contributed by atoms with Crippen LogP contribution in [0.1, 0.15) is 170 Å². The van der Waals surface area contributed by atoms with Crippen LogP contribution in [0.25, 0.3) is 34.4 Å². The molecule has 0 radical (unpaired) electrons. The first-order valence-corrected chi connectivity index (χ1v) is 40.6. The van der Waals surface area contributed by atoms with Crippen LogP contribution in [0, 0.1) is 22.7 Å². The topological polar surface area (TPSA) is 0 Å². The van der Waals surface area contributed by atoms with E-state index in [1.165, 1.54) is 133 Å². The fraction of sp³-hybridized carbons (Fsp3) is 0.500. The molecule has 315 valence electrons. The van der Waals surface area contributed by atoms with Gasteiger partial charge >= 0.3 is 375 Å². The van der Waals surface area contributed by atoms with E-state index in [-0.39, 0.29) is 7.25 Å². The molecule has 6 aliphatic rings. The zero-order valence-electron chi connectivity index (χ0n) is 37.4. The van der Waals surface area contributed by atoms with E-state index in [1.54, 1.807) is 11.1 Å². The summed E-state index contributed by atoms with van der Waals surface area (Å²) in [5.41, 5.74) is 18.0. The summed E-state index contributed by atoms with van der Waals surface area (Å²) in [4.78, 5) is 0. The van der Waals surface area contributed by atoms with Gasteiger partial charge in [0.1, 0.15) is 0 Å². The number of halogens is 2. The molecule has 6 aliphatic carbocycles. The van der Waals surface area contributed by atoms with Crippen molar-refractivity contribution in [2.24, 2.45) is 22.7 Å². The normalized spacial score (nSPS) is 29.3. The van der Waals surface area contributed by atoms with E-state index >= 15 is 0 Å². The predicted molar refractivity (Wildman–Crippen MR) is 260 cm³/mol. The summed E-state index contributed by atoms with van der Waals surface area (Å²) >= 11 is -5.06. The van der Waals surface area contributed by atoms with Crippen LogP contribution >= 0.6 is 17.0 Å². The van der Waals surface area contributed by atoms with Crippen LogP contribution in [0.5, 0.6) is 0 Å². The summed E-state index contributed by atoms with van der Waals surface area (Å²) in [7, 11) is 18.5. The van der Waals surface area contributed by atoms with Gasteiger partial charge in [0.2, 0.25) is 0 Å². The molecule has 0 N–H and O–H groups in total. The second-order valence-corrected chi connectivity index (χ2v) is 64.3. The first kappa shape index (κ1) is 42.0. The molecule has 0 nitrogen and oxygen atoms in total. The molecule has 4 fully saturated rings. The summed E-state index contributed by atoms with van der Waals surface area (Å²) in [5, 5.41) is 0. The van der Waals surface area contributed by atoms with E-state index in [4.69, 9.17) is 0 Å². The van der Waals surface area contributed by atoms with Crippen molar-refractivity contribution in [3.8, 4) is 22.3 Å². The van der Waals surface area contributed by atoms with Crippen molar-refractivity contribution in [1.82, 2.24) is 0 Å². The third-order valence-electron chi connectivity index (χ3n) is 18.2. The van der Waals surface area contributed by atoms with Gasteiger partial charge in [-0.15, -0.1) is 0 Å². The van der Waals surface area contributed by atoms with Crippen LogP contribution in [0.15, 0.2) is 96.1 Å². The molecule has 4 aromatic rings. The summed E-state index contributed by atoms with van der Waals surface area (Å²) < 4.78 is 0.278. The molecule has 0 aromatic heterocycles. The van der Waals surface area contributed by atoms with Gasteiger partial charge in [0, 0.05) is 0 Å². The Labute approximate surface area is 371 Å². The first-order valence-electron chi connectivity index (χ1n) is 24.3. The second-order valence-electron chi connectivity index (χ2n) is 21.8. The third kappa shape index (κ3) is 6.80. The Kier molecular flexibility index (Phi) is 10.9.